The lowest BCUT2D eigenvalue weighted by atomic mass is 10.1. The molecule has 0 saturated heterocycles. The molecular formula is C25H34FN3O6S. The monoisotopic (exact) mass is 523 g/mol. The standard InChI is InChI=1S/C25H34FN3O6S/c1-17(2)14-27-25(31)18(3)28(15-19-7-9-20(26)10-8-19)24(30)16-29(36(6,32)33)22-12-11-21(34-4)13-23(22)35-5/h7-13,17-18H,14-16H2,1-6H3,(H,27,31)/t18-/m1/s1. The maximum Gasteiger partial charge on any atom is 0.244 e. The molecule has 0 unspecified atom stereocenters. The summed E-state index contributed by atoms with van der Waals surface area (Å²) in [6, 6.07) is 9.16. The number of amides is 2. The van der Waals surface area contributed by atoms with Gasteiger partial charge in [-0.2, -0.15) is 0 Å². The minimum absolute atomic E-state index is 0.0211. The van der Waals surface area contributed by atoms with Crippen LogP contribution in [-0.2, 0) is 26.2 Å². The summed E-state index contributed by atoms with van der Waals surface area (Å²) in [5.74, 6) is -0.592. The van der Waals surface area contributed by atoms with Gasteiger partial charge in [-0.1, -0.05) is 26.0 Å². The second-order valence-corrected chi connectivity index (χ2v) is 10.7. The first-order valence-corrected chi connectivity index (χ1v) is 13.2. The van der Waals surface area contributed by atoms with Gasteiger partial charge in [0.2, 0.25) is 21.8 Å². The van der Waals surface area contributed by atoms with E-state index in [2.05, 4.69) is 5.32 Å². The van der Waals surface area contributed by atoms with Gasteiger partial charge in [0.15, 0.2) is 0 Å². The largest absolute Gasteiger partial charge is 0.497 e. The summed E-state index contributed by atoms with van der Waals surface area (Å²) in [7, 11) is -1.09. The Hall–Kier alpha value is -3.34. The molecule has 2 amide bonds. The normalized spacial score (nSPS) is 12.1. The quantitative estimate of drug-likeness (QED) is 0.459. The van der Waals surface area contributed by atoms with Crippen molar-refractivity contribution in [2.75, 3.05) is 37.9 Å². The molecule has 2 rings (SSSR count). The average molecular weight is 524 g/mol. The Morgan fingerprint density at radius 1 is 1.03 bits per heavy atom. The van der Waals surface area contributed by atoms with E-state index in [0.29, 0.717) is 17.9 Å². The number of carbonyl (C=O) groups excluding carboxylic acids is 2. The molecule has 0 fully saturated rings. The molecule has 1 N–H and O–H groups in total. The van der Waals surface area contributed by atoms with Gasteiger partial charge in [-0.3, -0.25) is 13.9 Å². The lowest BCUT2D eigenvalue weighted by molar-refractivity contribution is -0.139. The van der Waals surface area contributed by atoms with E-state index in [1.165, 1.54) is 55.5 Å². The number of sulfonamides is 1. The third-order valence-corrected chi connectivity index (χ3v) is 6.58. The van der Waals surface area contributed by atoms with Crippen molar-refractivity contribution < 1.29 is 31.9 Å². The van der Waals surface area contributed by atoms with Gasteiger partial charge in [-0.25, -0.2) is 12.8 Å². The predicted molar refractivity (Wildman–Crippen MR) is 136 cm³/mol. The van der Waals surface area contributed by atoms with E-state index in [-0.39, 0.29) is 29.8 Å². The Balaban J connectivity index is 2.43. The zero-order chi connectivity index (χ0) is 27.0. The number of rotatable bonds is 12. The zero-order valence-electron chi connectivity index (χ0n) is 21.4. The highest BCUT2D eigenvalue weighted by Crippen LogP contribution is 2.33. The van der Waals surface area contributed by atoms with E-state index in [9.17, 15) is 22.4 Å². The van der Waals surface area contributed by atoms with Crippen molar-refractivity contribution in [2.45, 2.75) is 33.4 Å². The number of ether oxygens (including phenoxy) is 2. The molecule has 198 valence electrons. The van der Waals surface area contributed by atoms with Crippen molar-refractivity contribution in [2.24, 2.45) is 5.92 Å². The third kappa shape index (κ3) is 7.84. The lowest BCUT2D eigenvalue weighted by Crippen LogP contribution is -2.51. The van der Waals surface area contributed by atoms with E-state index in [1.807, 2.05) is 13.8 Å². The van der Waals surface area contributed by atoms with Crippen molar-refractivity contribution in [1.29, 1.82) is 0 Å². The Morgan fingerprint density at radius 3 is 2.19 bits per heavy atom. The van der Waals surface area contributed by atoms with Gasteiger partial charge in [0, 0.05) is 19.2 Å². The molecule has 0 bridgehead atoms. The molecule has 2 aromatic carbocycles. The van der Waals surface area contributed by atoms with Crippen LogP contribution in [0.1, 0.15) is 26.3 Å². The SMILES string of the molecule is COc1ccc(N(CC(=O)N(Cc2ccc(F)cc2)[C@H](C)C(=O)NCC(C)C)S(C)(=O)=O)c(OC)c1. The topological polar surface area (TPSA) is 105 Å². The van der Waals surface area contributed by atoms with Gasteiger partial charge in [0.05, 0.1) is 26.2 Å². The van der Waals surface area contributed by atoms with Crippen molar-refractivity contribution in [3.63, 3.8) is 0 Å². The number of nitrogens with one attached hydrogen (secondary N) is 1. The number of methoxy groups -OCH3 is 2. The van der Waals surface area contributed by atoms with E-state index < -0.39 is 34.3 Å². The number of hydrogen-bond acceptors (Lipinski definition) is 6. The van der Waals surface area contributed by atoms with Gasteiger partial charge in [0.1, 0.15) is 29.9 Å². The van der Waals surface area contributed by atoms with Gasteiger partial charge in [-0.15, -0.1) is 0 Å². The number of anilines is 1. The maximum absolute atomic E-state index is 13.6. The molecule has 1 atom stereocenters. The minimum Gasteiger partial charge on any atom is -0.497 e. The molecule has 0 spiro atoms. The van der Waals surface area contributed by atoms with Crippen LogP contribution in [-0.4, -0.2) is 64.7 Å². The first-order valence-electron chi connectivity index (χ1n) is 11.4. The number of hydrogen-bond donors (Lipinski definition) is 1. The second kappa shape index (κ2) is 12.6. The van der Waals surface area contributed by atoms with Crippen molar-refractivity contribution in [1.82, 2.24) is 10.2 Å². The average Bonchev–Trinajstić information content (AvgIpc) is 2.83. The fraction of sp³-hybridized carbons (Fsp3) is 0.440. The molecule has 0 aliphatic rings. The van der Waals surface area contributed by atoms with Crippen LogP contribution in [0.4, 0.5) is 10.1 Å². The molecule has 0 heterocycles. The summed E-state index contributed by atoms with van der Waals surface area (Å²) in [4.78, 5) is 27.7. The van der Waals surface area contributed by atoms with Crippen LogP contribution in [0, 0.1) is 11.7 Å². The summed E-state index contributed by atoms with van der Waals surface area (Å²) in [6.07, 6.45) is 0.979. The Morgan fingerprint density at radius 2 is 1.67 bits per heavy atom. The number of benzene rings is 2. The first-order chi connectivity index (χ1) is 16.9. The van der Waals surface area contributed by atoms with E-state index in [4.69, 9.17) is 9.47 Å². The molecule has 0 aliphatic heterocycles. The molecule has 9 nitrogen and oxygen atoms in total. The van der Waals surface area contributed by atoms with E-state index in [0.717, 1.165) is 10.6 Å². The van der Waals surface area contributed by atoms with Crippen LogP contribution in [0.5, 0.6) is 11.5 Å². The Kier molecular flexibility index (Phi) is 10.1. The molecule has 0 radical (unpaired) electrons. The summed E-state index contributed by atoms with van der Waals surface area (Å²) in [5.41, 5.74) is 0.731. The molecule has 0 aliphatic carbocycles. The minimum atomic E-state index is -3.93. The van der Waals surface area contributed by atoms with Crippen LogP contribution in [0.3, 0.4) is 0 Å². The zero-order valence-corrected chi connectivity index (χ0v) is 22.3. The van der Waals surface area contributed by atoms with Gasteiger partial charge in [0.25, 0.3) is 0 Å². The van der Waals surface area contributed by atoms with Crippen LogP contribution >= 0.6 is 0 Å². The third-order valence-electron chi connectivity index (χ3n) is 5.45. The van der Waals surface area contributed by atoms with Crippen LogP contribution in [0.2, 0.25) is 0 Å². The molecule has 11 heteroatoms. The second-order valence-electron chi connectivity index (χ2n) is 8.77. The predicted octanol–water partition coefficient (Wildman–Crippen LogP) is 2.80. The van der Waals surface area contributed by atoms with Crippen molar-refractivity contribution >= 4 is 27.5 Å². The van der Waals surface area contributed by atoms with Crippen LogP contribution in [0.25, 0.3) is 0 Å². The maximum atomic E-state index is 13.6. The van der Waals surface area contributed by atoms with E-state index >= 15 is 0 Å². The summed E-state index contributed by atoms with van der Waals surface area (Å²) < 4.78 is 50.3. The van der Waals surface area contributed by atoms with Crippen molar-refractivity contribution in [3.05, 3.63) is 53.8 Å². The van der Waals surface area contributed by atoms with Crippen molar-refractivity contribution in [3.8, 4) is 11.5 Å². The van der Waals surface area contributed by atoms with E-state index in [1.54, 1.807) is 13.0 Å². The number of carbonyl (C=O) groups is 2. The van der Waals surface area contributed by atoms with Crippen LogP contribution in [0.15, 0.2) is 42.5 Å². The molecule has 2 aromatic rings. The molecular weight excluding hydrogens is 489 g/mol. The number of nitrogens with zero attached hydrogens (tertiary/aromatic N) is 2. The molecule has 0 aromatic heterocycles. The number of halogens is 1. The van der Waals surface area contributed by atoms with Gasteiger partial charge in [-0.05, 0) is 42.7 Å². The van der Waals surface area contributed by atoms with Gasteiger partial charge >= 0.3 is 0 Å². The smallest absolute Gasteiger partial charge is 0.244 e. The lowest BCUT2D eigenvalue weighted by Gasteiger charge is -2.32. The molecule has 36 heavy (non-hydrogen) atoms. The Labute approximate surface area is 212 Å². The Bertz CT molecular complexity index is 1150. The highest BCUT2D eigenvalue weighted by Gasteiger charge is 2.31. The fourth-order valence-electron chi connectivity index (χ4n) is 3.41. The summed E-state index contributed by atoms with van der Waals surface area (Å²) in [6.45, 7) is 5.27. The summed E-state index contributed by atoms with van der Waals surface area (Å²) in [5, 5.41) is 2.80. The first kappa shape index (κ1) is 28.9. The van der Waals surface area contributed by atoms with Gasteiger partial charge < -0.3 is 19.7 Å². The fourth-order valence-corrected chi connectivity index (χ4v) is 4.26. The highest BCUT2D eigenvalue weighted by atomic mass is 32.2. The molecule has 0 saturated carbocycles. The summed E-state index contributed by atoms with van der Waals surface area (Å²) >= 11 is 0. The highest BCUT2D eigenvalue weighted by molar-refractivity contribution is 7.92. The van der Waals surface area contributed by atoms with Crippen LogP contribution < -0.4 is 19.1 Å².